The van der Waals surface area contributed by atoms with E-state index in [9.17, 15) is 0 Å². The van der Waals surface area contributed by atoms with Crippen molar-refractivity contribution in [2.45, 2.75) is 0 Å². The standard InChI is InChI=1S/C8H5N/c1-8-4-2-3-6-9-7-5-8/h3,5,7H,1H2/b7-5-. The van der Waals surface area contributed by atoms with Crippen LogP contribution in [0.1, 0.15) is 0 Å². The van der Waals surface area contributed by atoms with Crippen LogP contribution in [0.5, 0.6) is 0 Å². The quantitative estimate of drug-likeness (QED) is 0.422. The molecule has 42 valence electrons. The summed E-state index contributed by atoms with van der Waals surface area (Å²) in [6.07, 6.45) is 4.92. The molecule has 0 saturated heterocycles. The average Bonchev–Trinajstić information content (AvgIpc) is 1.79. The molecule has 1 heterocycles. The topological polar surface area (TPSA) is 12.4 Å². The first kappa shape index (κ1) is 5.62. The zero-order chi connectivity index (χ0) is 6.53. The van der Waals surface area contributed by atoms with E-state index >= 15 is 0 Å². The number of nitrogens with zero attached hydrogens (tertiary/aromatic N) is 1. The van der Waals surface area contributed by atoms with Gasteiger partial charge < -0.3 is 0 Å². The van der Waals surface area contributed by atoms with E-state index in [1.165, 1.54) is 0 Å². The van der Waals surface area contributed by atoms with Crippen molar-refractivity contribution < 1.29 is 0 Å². The maximum absolute atomic E-state index is 3.73. The second kappa shape index (κ2) is 2.71. The van der Waals surface area contributed by atoms with E-state index in [2.05, 4.69) is 29.3 Å². The van der Waals surface area contributed by atoms with Crippen LogP contribution in [-0.4, -0.2) is 5.87 Å². The Kier molecular flexibility index (Phi) is 1.70. The van der Waals surface area contributed by atoms with E-state index in [1.807, 2.05) is 0 Å². The molecule has 1 aliphatic rings. The first-order chi connectivity index (χ1) is 4.39. The molecule has 0 atom stereocenters. The van der Waals surface area contributed by atoms with Crippen LogP contribution >= 0.6 is 0 Å². The Bertz CT molecular complexity index is 265. The van der Waals surface area contributed by atoms with Gasteiger partial charge in [0.05, 0.1) is 6.08 Å². The van der Waals surface area contributed by atoms with E-state index < -0.39 is 0 Å². The van der Waals surface area contributed by atoms with Crippen LogP contribution in [0.2, 0.25) is 0 Å². The lowest BCUT2D eigenvalue weighted by Crippen LogP contribution is -1.68. The van der Waals surface area contributed by atoms with Gasteiger partial charge in [-0.05, 0) is 11.9 Å². The minimum Gasteiger partial charge on any atom is -0.213 e. The van der Waals surface area contributed by atoms with Crippen LogP contribution in [0.3, 0.4) is 0 Å². The maximum Gasteiger partial charge on any atom is 0.0501 e. The maximum atomic E-state index is 3.73. The lowest BCUT2D eigenvalue weighted by molar-refractivity contribution is 1.58. The summed E-state index contributed by atoms with van der Waals surface area (Å²) in [6.45, 7) is 3.65. The highest BCUT2D eigenvalue weighted by atomic mass is 14.6. The summed E-state index contributed by atoms with van der Waals surface area (Å²) in [5.74, 6) is 8.09. The SMILES string of the molecule is C=C1C#CC=C=N/C=C\1. The molecule has 1 aliphatic heterocycles. The molecule has 0 aromatic carbocycles. The van der Waals surface area contributed by atoms with Crippen molar-refractivity contribution in [2.75, 3.05) is 0 Å². The Labute approximate surface area is 54.1 Å². The van der Waals surface area contributed by atoms with Gasteiger partial charge in [-0.3, -0.25) is 0 Å². The van der Waals surface area contributed by atoms with E-state index in [-0.39, 0.29) is 0 Å². The molecule has 0 fully saturated rings. The molecule has 0 aliphatic carbocycles. The van der Waals surface area contributed by atoms with Crippen molar-refractivity contribution in [3.63, 3.8) is 0 Å². The summed E-state index contributed by atoms with van der Waals surface area (Å²) in [5, 5.41) is 0. The monoisotopic (exact) mass is 115 g/mol. The number of allylic oxidation sites excluding steroid dienone is 3. The molecule has 0 N–H and O–H groups in total. The Morgan fingerprint density at radius 3 is 3.33 bits per heavy atom. The van der Waals surface area contributed by atoms with Gasteiger partial charge in [-0.25, -0.2) is 4.99 Å². The van der Waals surface area contributed by atoms with Gasteiger partial charge in [0.15, 0.2) is 0 Å². The van der Waals surface area contributed by atoms with Crippen LogP contribution in [0.15, 0.2) is 35.5 Å². The first-order valence-corrected chi connectivity index (χ1v) is 2.53. The Balaban J connectivity index is 2.99. The molecule has 0 aromatic heterocycles. The average molecular weight is 115 g/mol. The molecule has 0 amide bonds. The fourth-order valence-electron chi connectivity index (χ4n) is 0.410. The van der Waals surface area contributed by atoms with Crippen molar-refractivity contribution >= 4 is 5.87 Å². The largest absolute Gasteiger partial charge is 0.213 e. The summed E-state index contributed by atoms with van der Waals surface area (Å²) >= 11 is 0. The van der Waals surface area contributed by atoms with Crippen LogP contribution < -0.4 is 0 Å². The second-order valence-electron chi connectivity index (χ2n) is 1.51. The highest BCUT2D eigenvalue weighted by Gasteiger charge is 1.76. The van der Waals surface area contributed by atoms with Gasteiger partial charge in [-0.15, -0.1) is 0 Å². The normalized spacial score (nSPS) is 17.6. The predicted octanol–water partition coefficient (Wildman–Crippen LogP) is 1.30. The van der Waals surface area contributed by atoms with Gasteiger partial charge in [0, 0.05) is 11.8 Å². The van der Waals surface area contributed by atoms with Crippen LogP contribution in [0.4, 0.5) is 0 Å². The summed E-state index contributed by atoms with van der Waals surface area (Å²) in [6, 6.07) is 0. The van der Waals surface area contributed by atoms with Crippen LogP contribution in [0, 0.1) is 11.8 Å². The van der Waals surface area contributed by atoms with Crippen LogP contribution in [0.25, 0.3) is 0 Å². The van der Waals surface area contributed by atoms with Gasteiger partial charge in [0.2, 0.25) is 0 Å². The highest BCUT2D eigenvalue weighted by Crippen LogP contribution is 1.90. The fourth-order valence-corrected chi connectivity index (χ4v) is 0.410. The molecule has 1 nitrogen and oxygen atoms in total. The minimum absolute atomic E-state index is 0.775. The smallest absolute Gasteiger partial charge is 0.0501 e. The minimum atomic E-state index is 0.775. The third-order valence-electron chi connectivity index (χ3n) is 0.794. The van der Waals surface area contributed by atoms with Crippen molar-refractivity contribution in [1.29, 1.82) is 0 Å². The van der Waals surface area contributed by atoms with E-state index in [1.54, 1.807) is 18.4 Å². The zero-order valence-electron chi connectivity index (χ0n) is 4.89. The predicted molar refractivity (Wildman–Crippen MR) is 38.1 cm³/mol. The number of hydrogen-bond donors (Lipinski definition) is 0. The summed E-state index contributed by atoms with van der Waals surface area (Å²) < 4.78 is 0. The molecule has 0 bridgehead atoms. The van der Waals surface area contributed by atoms with E-state index in [4.69, 9.17) is 0 Å². The molecular weight excluding hydrogens is 110 g/mol. The van der Waals surface area contributed by atoms with E-state index in [0.717, 1.165) is 5.57 Å². The van der Waals surface area contributed by atoms with Gasteiger partial charge in [0.1, 0.15) is 0 Å². The number of aliphatic imine (C=N–C) groups is 1. The van der Waals surface area contributed by atoms with Crippen molar-refractivity contribution in [2.24, 2.45) is 4.99 Å². The number of rotatable bonds is 0. The van der Waals surface area contributed by atoms with Gasteiger partial charge in [0.25, 0.3) is 0 Å². The van der Waals surface area contributed by atoms with Crippen molar-refractivity contribution in [1.82, 2.24) is 0 Å². The third-order valence-corrected chi connectivity index (χ3v) is 0.794. The molecule has 0 saturated carbocycles. The lowest BCUT2D eigenvalue weighted by Gasteiger charge is -1.80. The Morgan fingerprint density at radius 1 is 1.56 bits per heavy atom. The van der Waals surface area contributed by atoms with Gasteiger partial charge >= 0.3 is 0 Å². The fraction of sp³-hybridized carbons (Fsp3) is 0. The molecule has 0 unspecified atom stereocenters. The van der Waals surface area contributed by atoms with Crippen molar-refractivity contribution in [3.8, 4) is 11.8 Å². The number of hydrogen-bond acceptors (Lipinski definition) is 1. The van der Waals surface area contributed by atoms with E-state index in [0.29, 0.717) is 0 Å². The Morgan fingerprint density at radius 2 is 2.44 bits per heavy atom. The van der Waals surface area contributed by atoms with Gasteiger partial charge in [-0.1, -0.05) is 18.4 Å². The van der Waals surface area contributed by atoms with Crippen molar-refractivity contribution in [3.05, 3.63) is 30.5 Å². The molecule has 0 radical (unpaired) electrons. The highest BCUT2D eigenvalue weighted by molar-refractivity contribution is 5.60. The Hall–Kier alpha value is -1.51. The molecular formula is C8H5N. The summed E-state index contributed by atoms with van der Waals surface area (Å²) in [5.41, 5.74) is 0.775. The lowest BCUT2D eigenvalue weighted by atomic mass is 10.3. The molecule has 0 spiro atoms. The van der Waals surface area contributed by atoms with Gasteiger partial charge in [-0.2, -0.15) is 0 Å². The summed E-state index contributed by atoms with van der Waals surface area (Å²) in [7, 11) is 0. The third kappa shape index (κ3) is 1.82. The molecule has 9 heavy (non-hydrogen) atoms. The zero-order valence-corrected chi connectivity index (χ0v) is 4.89. The molecule has 1 rings (SSSR count). The summed E-state index contributed by atoms with van der Waals surface area (Å²) in [4.78, 5) is 3.73. The second-order valence-corrected chi connectivity index (χ2v) is 1.51. The first-order valence-electron chi connectivity index (χ1n) is 2.53. The molecule has 1 heteroatoms. The van der Waals surface area contributed by atoms with Crippen LogP contribution in [-0.2, 0) is 0 Å². The molecule has 0 aromatic rings.